The summed E-state index contributed by atoms with van der Waals surface area (Å²) in [7, 11) is 2.16. The van der Waals surface area contributed by atoms with Crippen LogP contribution in [0.25, 0.3) is 0 Å². The fraction of sp³-hybridized carbons (Fsp3) is 0.700. The Morgan fingerprint density at radius 3 is 2.43 bits per heavy atom. The maximum atomic E-state index is 14.1. The SMILES string of the molecule is CCN(CCNC(=O)[C@H](CCCCNC(=O)OC(C)(C)C)NC(=O)CC(=O)OC(C)(C)C)C(=O)c1ccc2c3c1O[C@H]1C(=O)CCC4[C@@H](C2)N(C)CC[C@@]341. The summed E-state index contributed by atoms with van der Waals surface area (Å²) in [6.45, 7) is 14.1. The molecule has 3 N–H and O–H groups in total. The summed E-state index contributed by atoms with van der Waals surface area (Å²) in [5.74, 6) is -1.10. The van der Waals surface area contributed by atoms with Crippen LogP contribution in [0.2, 0.25) is 0 Å². The quantitative estimate of drug-likeness (QED) is 0.145. The van der Waals surface area contributed by atoms with Crippen LogP contribution in [0.3, 0.4) is 0 Å². The van der Waals surface area contributed by atoms with E-state index < -0.39 is 59.1 Å². The predicted octanol–water partition coefficient (Wildman–Crippen LogP) is 3.41. The van der Waals surface area contributed by atoms with Crippen molar-refractivity contribution >= 4 is 35.6 Å². The van der Waals surface area contributed by atoms with Crippen molar-refractivity contribution in [1.82, 2.24) is 25.8 Å². The van der Waals surface area contributed by atoms with Gasteiger partial charge in [0.2, 0.25) is 11.8 Å². The maximum absolute atomic E-state index is 14.1. The van der Waals surface area contributed by atoms with E-state index in [1.807, 2.05) is 19.1 Å². The van der Waals surface area contributed by atoms with Crippen molar-refractivity contribution in [3.63, 3.8) is 0 Å². The fourth-order valence-electron chi connectivity index (χ4n) is 8.71. The molecule has 1 aromatic carbocycles. The number of carbonyl (C=O) groups excluding carboxylic acids is 6. The van der Waals surface area contributed by atoms with Crippen LogP contribution in [0.5, 0.6) is 5.75 Å². The lowest BCUT2D eigenvalue weighted by Crippen LogP contribution is -2.65. The number of nitrogens with one attached hydrogen (secondary N) is 3. The van der Waals surface area contributed by atoms with E-state index in [-0.39, 0.29) is 31.2 Å². The lowest BCUT2D eigenvalue weighted by molar-refractivity contribution is -0.156. The molecule has 0 aromatic heterocycles. The number of amides is 4. The number of Topliss-reactive ketones (excluding diaryl/α,β-unsaturated/α-hetero) is 1. The number of esters is 1. The van der Waals surface area contributed by atoms with Gasteiger partial charge >= 0.3 is 12.1 Å². The molecule has 1 spiro atoms. The molecule has 5 atom stereocenters. The topological polar surface area (TPSA) is 173 Å². The van der Waals surface area contributed by atoms with E-state index in [0.29, 0.717) is 55.6 Å². The average Bonchev–Trinajstić information content (AvgIpc) is 3.42. The monoisotopic (exact) mass is 753 g/mol. The Morgan fingerprint density at radius 1 is 1.02 bits per heavy atom. The van der Waals surface area contributed by atoms with E-state index >= 15 is 0 Å². The number of carbonyl (C=O) groups is 6. The third-order valence-electron chi connectivity index (χ3n) is 11.0. The Kier molecular flexibility index (Phi) is 12.3. The molecule has 5 rings (SSSR count). The van der Waals surface area contributed by atoms with Crippen LogP contribution >= 0.6 is 0 Å². The maximum Gasteiger partial charge on any atom is 0.407 e. The minimum absolute atomic E-state index is 0.110. The number of hydrogen-bond donors (Lipinski definition) is 3. The Bertz CT molecular complexity index is 1630. The van der Waals surface area contributed by atoms with Crippen LogP contribution in [0.1, 0.15) is 115 Å². The van der Waals surface area contributed by atoms with Gasteiger partial charge in [0.1, 0.15) is 29.4 Å². The number of unbranched alkanes of at least 4 members (excludes halogenated alkanes) is 1. The van der Waals surface area contributed by atoms with Gasteiger partial charge in [-0.1, -0.05) is 6.07 Å². The zero-order valence-electron chi connectivity index (χ0n) is 33.2. The average molecular weight is 754 g/mol. The first kappa shape index (κ1) is 41.0. The first-order chi connectivity index (χ1) is 25.3. The molecule has 298 valence electrons. The smallest absolute Gasteiger partial charge is 0.407 e. The number of rotatable bonds is 14. The summed E-state index contributed by atoms with van der Waals surface area (Å²) in [4.78, 5) is 82.1. The molecule has 14 nitrogen and oxygen atoms in total. The molecule has 2 heterocycles. The highest BCUT2D eigenvalue weighted by Gasteiger charge is 2.65. The normalized spacial score (nSPS) is 23.3. The molecule has 54 heavy (non-hydrogen) atoms. The van der Waals surface area contributed by atoms with E-state index in [0.717, 1.165) is 36.9 Å². The van der Waals surface area contributed by atoms with Gasteiger partial charge in [0, 0.05) is 49.6 Å². The fourth-order valence-corrected chi connectivity index (χ4v) is 8.71. The second-order valence-corrected chi connectivity index (χ2v) is 17.1. The predicted molar refractivity (Wildman–Crippen MR) is 200 cm³/mol. The van der Waals surface area contributed by atoms with Gasteiger partial charge in [-0.2, -0.15) is 0 Å². The summed E-state index contributed by atoms with van der Waals surface area (Å²) >= 11 is 0. The van der Waals surface area contributed by atoms with Gasteiger partial charge in [0.25, 0.3) is 5.91 Å². The van der Waals surface area contributed by atoms with Gasteiger partial charge in [-0.15, -0.1) is 0 Å². The number of ether oxygens (including phenoxy) is 3. The summed E-state index contributed by atoms with van der Waals surface area (Å²) in [5, 5.41) is 8.21. The number of hydrogen-bond acceptors (Lipinski definition) is 10. The lowest BCUT2D eigenvalue weighted by Gasteiger charge is -2.57. The second kappa shape index (κ2) is 16.3. The summed E-state index contributed by atoms with van der Waals surface area (Å²) in [6.07, 6.45) is 2.58. The molecule has 2 fully saturated rings. The van der Waals surface area contributed by atoms with Gasteiger partial charge in [-0.3, -0.25) is 24.0 Å². The highest BCUT2D eigenvalue weighted by molar-refractivity contribution is 6.00. The van der Waals surface area contributed by atoms with Gasteiger partial charge in [-0.05, 0) is 118 Å². The van der Waals surface area contributed by atoms with Crippen molar-refractivity contribution in [2.75, 3.05) is 39.8 Å². The van der Waals surface area contributed by atoms with E-state index in [4.69, 9.17) is 14.2 Å². The molecule has 14 heteroatoms. The van der Waals surface area contributed by atoms with Crippen molar-refractivity contribution in [3.8, 4) is 5.75 Å². The highest BCUT2D eigenvalue weighted by atomic mass is 16.6. The molecule has 1 saturated heterocycles. The van der Waals surface area contributed by atoms with Crippen molar-refractivity contribution in [3.05, 3.63) is 28.8 Å². The number of likely N-dealkylation sites (N-methyl/N-ethyl adjacent to an activating group) is 2. The lowest BCUT2D eigenvalue weighted by atomic mass is 9.51. The van der Waals surface area contributed by atoms with Crippen molar-refractivity contribution in [2.45, 2.75) is 135 Å². The van der Waals surface area contributed by atoms with Crippen molar-refractivity contribution < 1.29 is 43.0 Å². The molecule has 1 unspecified atom stereocenters. The Morgan fingerprint density at radius 2 is 1.74 bits per heavy atom. The van der Waals surface area contributed by atoms with E-state index in [9.17, 15) is 28.8 Å². The molecule has 4 aliphatic rings. The van der Waals surface area contributed by atoms with Crippen molar-refractivity contribution in [1.29, 1.82) is 0 Å². The number of alkyl carbamates (subject to hydrolysis) is 1. The molecule has 1 aromatic rings. The molecule has 1 saturated carbocycles. The van der Waals surface area contributed by atoms with Crippen LogP contribution < -0.4 is 20.7 Å². The Hall–Kier alpha value is -4.20. The summed E-state index contributed by atoms with van der Waals surface area (Å²) in [5.41, 5.74) is 0.843. The minimum Gasteiger partial charge on any atom is -0.481 e. The molecule has 2 aliphatic carbocycles. The third-order valence-corrected chi connectivity index (χ3v) is 11.0. The largest absolute Gasteiger partial charge is 0.481 e. The number of benzene rings is 1. The molecular formula is C40H59N5O9. The van der Waals surface area contributed by atoms with Crippen LogP contribution in [0.4, 0.5) is 4.79 Å². The van der Waals surface area contributed by atoms with Gasteiger partial charge in [-0.25, -0.2) is 4.79 Å². The van der Waals surface area contributed by atoms with Gasteiger partial charge in [0.15, 0.2) is 11.9 Å². The summed E-state index contributed by atoms with van der Waals surface area (Å²) < 4.78 is 17.1. The van der Waals surface area contributed by atoms with E-state index in [1.165, 1.54) is 0 Å². The third kappa shape index (κ3) is 9.01. The minimum atomic E-state index is -0.964. The number of likely N-dealkylation sites (tertiary alicyclic amines) is 1. The van der Waals surface area contributed by atoms with E-state index in [2.05, 4.69) is 27.9 Å². The molecule has 0 radical (unpaired) electrons. The van der Waals surface area contributed by atoms with Crippen LogP contribution in [0, 0.1) is 5.92 Å². The zero-order chi connectivity index (χ0) is 39.6. The highest BCUT2D eigenvalue weighted by Crippen LogP contribution is 2.62. The summed E-state index contributed by atoms with van der Waals surface area (Å²) in [6, 6.07) is 3.23. The van der Waals surface area contributed by atoms with Crippen LogP contribution in [0.15, 0.2) is 12.1 Å². The zero-order valence-corrected chi connectivity index (χ0v) is 33.2. The standard InChI is InChI=1S/C40H59N5O9/c1-9-45(36(50)25-14-13-24-22-28-26-15-16-29(46)34-40(26,17-20-44(28)8)32(24)33(25)52-34)21-19-41-35(49)27(43-30(47)23-31(48)53-38(2,3)4)12-10-11-18-42-37(51)54-39(5,6)7/h13-14,26-28,34H,9-12,15-23H2,1-8H3,(H,41,49)(H,42,51)(H,43,47)/t26?,27-,28+,34-,40-/m0/s1. The molecule has 2 aliphatic heterocycles. The van der Waals surface area contributed by atoms with Gasteiger partial charge in [0.05, 0.1) is 5.56 Å². The van der Waals surface area contributed by atoms with Gasteiger partial charge < -0.3 is 40.0 Å². The molecule has 2 bridgehead atoms. The second-order valence-electron chi connectivity index (χ2n) is 17.1. The first-order valence-electron chi connectivity index (χ1n) is 19.5. The van der Waals surface area contributed by atoms with Crippen LogP contribution in [-0.4, -0.2) is 115 Å². The Balaban J connectivity index is 1.22. The first-order valence-corrected chi connectivity index (χ1v) is 19.5. The van der Waals surface area contributed by atoms with Crippen molar-refractivity contribution in [2.24, 2.45) is 5.92 Å². The molecular weight excluding hydrogens is 694 g/mol. The number of nitrogens with zero attached hydrogens (tertiary/aromatic N) is 2. The van der Waals surface area contributed by atoms with Crippen LogP contribution in [-0.2, 0) is 40.5 Å². The number of piperidine rings is 1. The number of ketones is 1. The Labute approximate surface area is 318 Å². The van der Waals surface area contributed by atoms with E-state index in [1.54, 1.807) is 46.4 Å². The molecule has 4 amide bonds.